The van der Waals surface area contributed by atoms with Crippen LogP contribution < -0.4 is 11.1 Å². The lowest BCUT2D eigenvalue weighted by Gasteiger charge is -2.02. The van der Waals surface area contributed by atoms with Gasteiger partial charge < -0.3 is 11.1 Å². The third-order valence-electron chi connectivity index (χ3n) is 2.30. The average molecular weight is 237 g/mol. The fourth-order valence-electron chi connectivity index (χ4n) is 1.43. The predicted octanol–water partition coefficient (Wildman–Crippen LogP) is 1.17. The Morgan fingerprint density at radius 3 is 3.12 bits per heavy atom. The lowest BCUT2D eigenvalue weighted by atomic mass is 10.3. The number of nitrogens with one attached hydrogen (secondary N) is 2. The molecule has 86 valence electrons. The van der Waals surface area contributed by atoms with Crippen LogP contribution in [0.25, 0.3) is 0 Å². The summed E-state index contributed by atoms with van der Waals surface area (Å²) in [5.74, 6) is 0.942. The highest BCUT2D eigenvalue weighted by Crippen LogP contribution is 2.17. The van der Waals surface area contributed by atoms with Gasteiger partial charge in [0.25, 0.3) is 0 Å². The number of aromatic nitrogens is 3. The molecule has 2 aromatic rings. The number of anilines is 1. The molecule has 2 rings (SSSR count). The first-order valence-electron chi connectivity index (χ1n) is 5.23. The highest BCUT2D eigenvalue weighted by atomic mass is 32.1. The summed E-state index contributed by atoms with van der Waals surface area (Å²) in [6.45, 7) is 1.80. The van der Waals surface area contributed by atoms with Crippen molar-refractivity contribution in [2.45, 2.75) is 19.4 Å². The van der Waals surface area contributed by atoms with Crippen LogP contribution in [0.3, 0.4) is 0 Å². The molecule has 0 aromatic carbocycles. The molecule has 0 atom stereocenters. The average Bonchev–Trinajstić information content (AvgIpc) is 2.90. The molecule has 4 N–H and O–H groups in total. The smallest absolute Gasteiger partial charge is 0.137 e. The van der Waals surface area contributed by atoms with Crippen LogP contribution in [0, 0.1) is 0 Å². The molecule has 0 radical (unpaired) electrons. The molecule has 5 nitrogen and oxygen atoms in total. The molecule has 16 heavy (non-hydrogen) atoms. The van der Waals surface area contributed by atoms with Gasteiger partial charge in [0.2, 0.25) is 0 Å². The molecular weight excluding hydrogens is 222 g/mol. The summed E-state index contributed by atoms with van der Waals surface area (Å²) in [6.07, 6.45) is 3.50. The number of thiophene rings is 1. The molecule has 0 aliphatic heterocycles. The summed E-state index contributed by atoms with van der Waals surface area (Å²) in [5, 5.41) is 12.0. The maximum Gasteiger partial charge on any atom is 0.137 e. The largest absolute Gasteiger partial charge is 0.398 e. The molecule has 2 heterocycles. The van der Waals surface area contributed by atoms with Gasteiger partial charge in [-0.15, -0.1) is 11.3 Å². The van der Waals surface area contributed by atoms with Gasteiger partial charge in [0.1, 0.15) is 12.2 Å². The number of H-pyrrole nitrogens is 1. The Bertz CT molecular complexity index is 409. The topological polar surface area (TPSA) is 79.6 Å². The second-order valence-electron chi connectivity index (χ2n) is 3.51. The molecule has 0 amide bonds. The minimum Gasteiger partial charge on any atom is -0.398 e. The summed E-state index contributed by atoms with van der Waals surface area (Å²) in [6, 6.07) is 1.94. The fourth-order valence-corrected chi connectivity index (χ4v) is 2.20. The summed E-state index contributed by atoms with van der Waals surface area (Å²) in [4.78, 5) is 5.27. The molecule has 0 aliphatic rings. The summed E-state index contributed by atoms with van der Waals surface area (Å²) in [7, 11) is 0. The van der Waals surface area contributed by atoms with Crippen LogP contribution in [-0.4, -0.2) is 21.7 Å². The standard InChI is InChI=1S/C10H15N5S/c11-8-3-5-16-9(8)6-12-4-1-2-10-13-7-14-15-10/h3,5,7,12H,1-2,4,6,11H2,(H,13,14,15). The van der Waals surface area contributed by atoms with Crippen molar-refractivity contribution in [3.8, 4) is 0 Å². The number of aryl methyl sites for hydroxylation is 1. The lowest BCUT2D eigenvalue weighted by molar-refractivity contribution is 0.644. The van der Waals surface area contributed by atoms with E-state index in [0.717, 1.165) is 37.4 Å². The van der Waals surface area contributed by atoms with Gasteiger partial charge in [-0.3, -0.25) is 5.10 Å². The minimum absolute atomic E-state index is 0.847. The van der Waals surface area contributed by atoms with E-state index in [-0.39, 0.29) is 0 Å². The molecule has 0 unspecified atom stereocenters. The Hall–Kier alpha value is -1.40. The van der Waals surface area contributed by atoms with Gasteiger partial charge in [-0.1, -0.05) is 0 Å². The minimum atomic E-state index is 0.847. The number of nitrogens with two attached hydrogens (primary N) is 1. The molecule has 2 aromatic heterocycles. The normalized spacial score (nSPS) is 10.8. The molecular formula is C10H15N5S. The summed E-state index contributed by atoms with van der Waals surface area (Å²) in [5.41, 5.74) is 6.66. The number of rotatable bonds is 6. The highest BCUT2D eigenvalue weighted by molar-refractivity contribution is 7.10. The Labute approximate surface area is 98.1 Å². The Morgan fingerprint density at radius 1 is 1.50 bits per heavy atom. The first-order chi connectivity index (χ1) is 7.86. The molecule has 0 aliphatic carbocycles. The van der Waals surface area contributed by atoms with E-state index in [1.165, 1.54) is 11.2 Å². The van der Waals surface area contributed by atoms with Crippen LogP contribution in [-0.2, 0) is 13.0 Å². The van der Waals surface area contributed by atoms with Crippen molar-refractivity contribution >= 4 is 17.0 Å². The SMILES string of the molecule is Nc1ccsc1CNCCCc1ncn[nH]1. The van der Waals surface area contributed by atoms with E-state index < -0.39 is 0 Å². The van der Waals surface area contributed by atoms with Crippen LogP contribution in [0.15, 0.2) is 17.8 Å². The first kappa shape index (κ1) is 11.1. The number of nitrogen functional groups attached to an aromatic ring is 1. The second kappa shape index (κ2) is 5.62. The van der Waals surface area contributed by atoms with Crippen LogP contribution >= 0.6 is 11.3 Å². The Balaban J connectivity index is 1.61. The van der Waals surface area contributed by atoms with Crippen molar-refractivity contribution in [3.63, 3.8) is 0 Å². The number of hydrogen-bond acceptors (Lipinski definition) is 5. The van der Waals surface area contributed by atoms with Gasteiger partial charge in [0.15, 0.2) is 0 Å². The molecule has 0 spiro atoms. The van der Waals surface area contributed by atoms with Crippen molar-refractivity contribution in [2.75, 3.05) is 12.3 Å². The second-order valence-corrected chi connectivity index (χ2v) is 4.51. The Morgan fingerprint density at radius 2 is 2.44 bits per heavy atom. The number of nitrogens with zero attached hydrogens (tertiary/aromatic N) is 2. The predicted molar refractivity (Wildman–Crippen MR) is 65.1 cm³/mol. The quantitative estimate of drug-likeness (QED) is 0.659. The summed E-state index contributed by atoms with van der Waals surface area (Å²) < 4.78 is 0. The van der Waals surface area contributed by atoms with Crippen LogP contribution in [0.4, 0.5) is 5.69 Å². The van der Waals surface area contributed by atoms with Crippen molar-refractivity contribution < 1.29 is 0 Å². The molecule has 0 fully saturated rings. The van der Waals surface area contributed by atoms with E-state index in [2.05, 4.69) is 20.5 Å². The zero-order valence-electron chi connectivity index (χ0n) is 8.94. The van der Waals surface area contributed by atoms with E-state index in [9.17, 15) is 0 Å². The third kappa shape index (κ3) is 3.04. The molecule has 0 bridgehead atoms. The van der Waals surface area contributed by atoms with E-state index in [4.69, 9.17) is 5.73 Å². The van der Waals surface area contributed by atoms with Crippen LogP contribution in [0.2, 0.25) is 0 Å². The number of aromatic amines is 1. The highest BCUT2D eigenvalue weighted by Gasteiger charge is 1.99. The molecule has 0 saturated carbocycles. The Kier molecular flexibility index (Phi) is 3.90. The first-order valence-corrected chi connectivity index (χ1v) is 6.11. The monoisotopic (exact) mass is 237 g/mol. The summed E-state index contributed by atoms with van der Waals surface area (Å²) >= 11 is 1.69. The van der Waals surface area contributed by atoms with Crippen molar-refractivity contribution in [2.24, 2.45) is 0 Å². The van der Waals surface area contributed by atoms with Crippen molar-refractivity contribution in [3.05, 3.63) is 28.5 Å². The van der Waals surface area contributed by atoms with Gasteiger partial charge in [0.05, 0.1) is 0 Å². The van der Waals surface area contributed by atoms with Gasteiger partial charge >= 0.3 is 0 Å². The fraction of sp³-hybridized carbons (Fsp3) is 0.400. The van der Waals surface area contributed by atoms with Crippen LogP contribution in [0.5, 0.6) is 0 Å². The van der Waals surface area contributed by atoms with E-state index in [0.29, 0.717) is 0 Å². The van der Waals surface area contributed by atoms with E-state index in [1.54, 1.807) is 11.3 Å². The maximum absolute atomic E-state index is 5.78. The van der Waals surface area contributed by atoms with Crippen molar-refractivity contribution in [1.82, 2.24) is 20.5 Å². The van der Waals surface area contributed by atoms with E-state index in [1.807, 2.05) is 11.4 Å². The molecule has 0 saturated heterocycles. The van der Waals surface area contributed by atoms with Crippen LogP contribution in [0.1, 0.15) is 17.1 Å². The van der Waals surface area contributed by atoms with Gasteiger partial charge in [-0.25, -0.2) is 4.98 Å². The number of hydrogen-bond donors (Lipinski definition) is 3. The molecule has 6 heteroatoms. The zero-order chi connectivity index (χ0) is 11.2. The van der Waals surface area contributed by atoms with Gasteiger partial charge in [-0.2, -0.15) is 5.10 Å². The lowest BCUT2D eigenvalue weighted by Crippen LogP contribution is -2.15. The zero-order valence-corrected chi connectivity index (χ0v) is 9.76. The third-order valence-corrected chi connectivity index (χ3v) is 3.23. The van der Waals surface area contributed by atoms with Crippen molar-refractivity contribution in [1.29, 1.82) is 0 Å². The van der Waals surface area contributed by atoms with Gasteiger partial charge in [0, 0.05) is 23.5 Å². The maximum atomic E-state index is 5.78. The van der Waals surface area contributed by atoms with Gasteiger partial charge in [-0.05, 0) is 24.4 Å². The van der Waals surface area contributed by atoms with E-state index >= 15 is 0 Å².